The lowest BCUT2D eigenvalue weighted by atomic mass is 10.4. The monoisotopic (exact) mass is 256 g/mol. The first kappa shape index (κ1) is 12.2. The van der Waals surface area contributed by atoms with Crippen molar-refractivity contribution in [1.29, 1.82) is 0 Å². The number of sulfonamides is 2. The minimum absolute atomic E-state index is 0.0314. The summed E-state index contributed by atoms with van der Waals surface area (Å²) in [4.78, 5) is 11.5. The predicted molar refractivity (Wildman–Crippen MR) is 53.1 cm³/mol. The van der Waals surface area contributed by atoms with Gasteiger partial charge in [0.2, 0.25) is 20.0 Å². The van der Waals surface area contributed by atoms with Crippen LogP contribution in [0.25, 0.3) is 0 Å². The van der Waals surface area contributed by atoms with Crippen molar-refractivity contribution in [3.05, 3.63) is 0 Å². The molecule has 2 amide bonds. The number of amides is 2. The van der Waals surface area contributed by atoms with Gasteiger partial charge in [0, 0.05) is 13.1 Å². The molecular formula is C6H12N2O5S2. The topological polar surface area (TPSA) is 91.8 Å². The van der Waals surface area contributed by atoms with E-state index in [1.165, 1.54) is 0 Å². The van der Waals surface area contributed by atoms with Gasteiger partial charge in [-0.25, -0.2) is 30.2 Å². The maximum atomic E-state index is 11.5. The molecule has 0 spiro atoms. The summed E-state index contributed by atoms with van der Waals surface area (Å²) in [6.07, 6.45) is 2.05. The molecule has 15 heavy (non-hydrogen) atoms. The quantitative estimate of drug-likeness (QED) is 0.634. The molecule has 0 bridgehead atoms. The van der Waals surface area contributed by atoms with Gasteiger partial charge >= 0.3 is 6.03 Å². The number of nitrogens with zero attached hydrogens (tertiary/aromatic N) is 2. The molecule has 0 aromatic rings. The van der Waals surface area contributed by atoms with Gasteiger partial charge in [-0.05, 0) is 6.42 Å². The Kier molecular flexibility index (Phi) is 2.97. The van der Waals surface area contributed by atoms with Crippen LogP contribution in [0.4, 0.5) is 4.79 Å². The third kappa shape index (κ3) is 2.59. The molecule has 0 aromatic heterocycles. The van der Waals surface area contributed by atoms with Crippen LogP contribution in [0.15, 0.2) is 0 Å². The SMILES string of the molecule is CS(=O)(=O)N1CCCN(S(C)(=O)=O)C1=O. The Morgan fingerprint density at radius 3 is 1.53 bits per heavy atom. The van der Waals surface area contributed by atoms with E-state index in [-0.39, 0.29) is 13.1 Å². The lowest BCUT2D eigenvalue weighted by Gasteiger charge is -2.32. The fourth-order valence-electron chi connectivity index (χ4n) is 1.29. The van der Waals surface area contributed by atoms with Crippen molar-refractivity contribution < 1.29 is 21.6 Å². The summed E-state index contributed by atoms with van der Waals surface area (Å²) in [5.74, 6) is 0. The Morgan fingerprint density at radius 1 is 0.933 bits per heavy atom. The third-order valence-corrected chi connectivity index (χ3v) is 4.23. The highest BCUT2D eigenvalue weighted by atomic mass is 32.2. The molecule has 9 heteroatoms. The Morgan fingerprint density at radius 2 is 1.27 bits per heavy atom. The molecule has 1 aliphatic heterocycles. The molecule has 88 valence electrons. The highest BCUT2D eigenvalue weighted by molar-refractivity contribution is 7.90. The van der Waals surface area contributed by atoms with E-state index in [4.69, 9.17) is 0 Å². The predicted octanol–water partition coefficient (Wildman–Crippen LogP) is -0.967. The van der Waals surface area contributed by atoms with Crippen LogP contribution in [-0.2, 0) is 20.0 Å². The minimum atomic E-state index is -3.69. The number of hydrogen-bond acceptors (Lipinski definition) is 5. The summed E-state index contributed by atoms with van der Waals surface area (Å²) >= 11 is 0. The second-order valence-corrected chi connectivity index (χ2v) is 7.12. The van der Waals surface area contributed by atoms with E-state index in [9.17, 15) is 21.6 Å². The van der Waals surface area contributed by atoms with Gasteiger partial charge in [0.15, 0.2) is 0 Å². The van der Waals surface area contributed by atoms with E-state index in [1.807, 2.05) is 0 Å². The Labute approximate surface area is 88.8 Å². The summed E-state index contributed by atoms with van der Waals surface area (Å²) in [5.41, 5.74) is 0. The standard InChI is InChI=1S/C6H12N2O5S2/c1-14(10,11)7-4-3-5-8(6(7)9)15(2,12)13/h3-5H2,1-2H3. The van der Waals surface area contributed by atoms with E-state index in [0.29, 0.717) is 15.0 Å². The number of carbonyl (C=O) groups is 1. The normalized spacial score (nSPS) is 19.5. The van der Waals surface area contributed by atoms with Gasteiger partial charge in [-0.2, -0.15) is 0 Å². The first-order valence-electron chi connectivity index (χ1n) is 4.13. The van der Waals surface area contributed by atoms with Crippen LogP contribution in [0.5, 0.6) is 0 Å². The maximum absolute atomic E-state index is 11.5. The molecule has 0 unspecified atom stereocenters. The number of hydrogen-bond donors (Lipinski definition) is 0. The molecule has 1 rings (SSSR count). The maximum Gasteiger partial charge on any atom is 0.347 e. The zero-order chi connectivity index (χ0) is 11.9. The van der Waals surface area contributed by atoms with Crippen LogP contribution in [0.1, 0.15) is 6.42 Å². The Bertz CT molecular complexity index is 424. The van der Waals surface area contributed by atoms with E-state index < -0.39 is 26.1 Å². The largest absolute Gasteiger partial charge is 0.347 e. The van der Waals surface area contributed by atoms with Gasteiger partial charge in [-0.1, -0.05) is 0 Å². The molecule has 1 fully saturated rings. The van der Waals surface area contributed by atoms with E-state index in [2.05, 4.69) is 0 Å². The van der Waals surface area contributed by atoms with E-state index in [0.717, 1.165) is 12.5 Å². The number of carbonyl (C=O) groups excluding carboxylic acids is 1. The summed E-state index contributed by atoms with van der Waals surface area (Å²) in [7, 11) is -7.38. The lowest BCUT2D eigenvalue weighted by Crippen LogP contribution is -2.52. The van der Waals surface area contributed by atoms with Gasteiger partial charge in [0.05, 0.1) is 12.5 Å². The van der Waals surface area contributed by atoms with Crippen LogP contribution >= 0.6 is 0 Å². The van der Waals surface area contributed by atoms with Crippen LogP contribution in [-0.4, -0.2) is 57.1 Å². The second kappa shape index (κ2) is 3.63. The van der Waals surface area contributed by atoms with Gasteiger partial charge < -0.3 is 0 Å². The average molecular weight is 256 g/mol. The lowest BCUT2D eigenvalue weighted by molar-refractivity contribution is 0.191. The first-order chi connectivity index (χ1) is 6.64. The number of urea groups is 1. The highest BCUT2D eigenvalue weighted by Gasteiger charge is 2.36. The molecule has 0 atom stereocenters. The summed E-state index contributed by atoms with van der Waals surface area (Å²) in [6, 6.07) is -0.994. The van der Waals surface area contributed by atoms with Crippen molar-refractivity contribution in [2.24, 2.45) is 0 Å². The molecule has 1 aliphatic rings. The second-order valence-electron chi connectivity index (χ2n) is 3.31. The molecule has 7 nitrogen and oxygen atoms in total. The molecule has 0 saturated carbocycles. The zero-order valence-corrected chi connectivity index (χ0v) is 10.0. The molecule has 0 N–H and O–H groups in total. The fourth-order valence-corrected chi connectivity index (χ4v) is 3.03. The third-order valence-electron chi connectivity index (χ3n) is 1.95. The zero-order valence-electron chi connectivity index (χ0n) is 8.37. The van der Waals surface area contributed by atoms with Crippen molar-refractivity contribution in [2.45, 2.75) is 6.42 Å². The Balaban J connectivity index is 3.06. The summed E-state index contributed by atoms with van der Waals surface area (Å²) in [6.45, 7) is 0.0629. The molecule has 0 aliphatic carbocycles. The highest BCUT2D eigenvalue weighted by Crippen LogP contribution is 2.15. The van der Waals surface area contributed by atoms with Crippen molar-refractivity contribution in [1.82, 2.24) is 8.61 Å². The number of rotatable bonds is 2. The fraction of sp³-hybridized carbons (Fsp3) is 0.833. The van der Waals surface area contributed by atoms with Gasteiger partial charge in [0.25, 0.3) is 0 Å². The van der Waals surface area contributed by atoms with Crippen LogP contribution in [0.2, 0.25) is 0 Å². The molecular weight excluding hydrogens is 244 g/mol. The molecule has 0 radical (unpaired) electrons. The van der Waals surface area contributed by atoms with Crippen LogP contribution in [0, 0.1) is 0 Å². The first-order valence-corrected chi connectivity index (χ1v) is 7.83. The minimum Gasteiger partial charge on any atom is -0.246 e. The smallest absolute Gasteiger partial charge is 0.246 e. The summed E-state index contributed by atoms with van der Waals surface area (Å²) < 4.78 is 45.7. The molecule has 1 heterocycles. The van der Waals surface area contributed by atoms with Gasteiger partial charge in [-0.15, -0.1) is 0 Å². The van der Waals surface area contributed by atoms with Crippen molar-refractivity contribution in [3.63, 3.8) is 0 Å². The summed E-state index contributed by atoms with van der Waals surface area (Å²) in [5, 5.41) is 0. The van der Waals surface area contributed by atoms with E-state index >= 15 is 0 Å². The average Bonchev–Trinajstić information content (AvgIpc) is 1.99. The van der Waals surface area contributed by atoms with E-state index in [1.54, 1.807) is 0 Å². The van der Waals surface area contributed by atoms with Gasteiger partial charge in [-0.3, -0.25) is 0 Å². The van der Waals surface area contributed by atoms with Gasteiger partial charge in [0.1, 0.15) is 0 Å². The molecule has 0 aromatic carbocycles. The Hall–Kier alpha value is -0.830. The van der Waals surface area contributed by atoms with Crippen molar-refractivity contribution in [2.75, 3.05) is 25.6 Å². The van der Waals surface area contributed by atoms with Crippen molar-refractivity contribution in [3.8, 4) is 0 Å². The molecule has 1 saturated heterocycles. The van der Waals surface area contributed by atoms with Crippen LogP contribution in [0.3, 0.4) is 0 Å². The van der Waals surface area contributed by atoms with Crippen molar-refractivity contribution >= 4 is 26.1 Å². The van der Waals surface area contributed by atoms with Crippen LogP contribution < -0.4 is 0 Å².